The second kappa shape index (κ2) is 4.95. The summed E-state index contributed by atoms with van der Waals surface area (Å²) in [6, 6.07) is 13.2. The molecule has 3 rings (SSSR count). The van der Waals surface area contributed by atoms with Gasteiger partial charge in [0.05, 0.1) is 12.2 Å². The first-order valence-electron chi connectivity index (χ1n) is 6.07. The molecule has 0 saturated heterocycles. The molecule has 0 saturated carbocycles. The van der Waals surface area contributed by atoms with E-state index in [1.54, 1.807) is 12.1 Å². The number of carbonyl (C=O) groups is 1. The summed E-state index contributed by atoms with van der Waals surface area (Å²) >= 11 is 0. The molecule has 0 amide bonds. The summed E-state index contributed by atoms with van der Waals surface area (Å²) < 4.78 is 5.39. The fraction of sp³-hybridized carbons (Fsp3) is 0.125. The molecule has 19 heavy (non-hydrogen) atoms. The Kier molecular flexibility index (Phi) is 2.99. The largest absolute Gasteiger partial charge is 0.477 e. The summed E-state index contributed by atoms with van der Waals surface area (Å²) in [5.74, 6) is 6.48. The summed E-state index contributed by atoms with van der Waals surface area (Å²) in [6.07, 6.45) is 0.420. The number of carbonyl (C=O) groups excluding carboxylic acids is 1. The molecule has 0 bridgehead atoms. The molecule has 0 fully saturated rings. The third kappa shape index (κ3) is 2.48. The van der Waals surface area contributed by atoms with Gasteiger partial charge < -0.3 is 4.74 Å². The second-order valence-electron chi connectivity index (χ2n) is 4.19. The molecule has 3 heteroatoms. The number of Topliss-reactive ketones (excluding diaryl/α,β-unsaturated/α-hetero) is 1. The van der Waals surface area contributed by atoms with Crippen LogP contribution in [-0.2, 0) is 0 Å². The Bertz CT molecular complexity index is 681. The summed E-state index contributed by atoms with van der Waals surface area (Å²) in [7, 11) is 0. The van der Waals surface area contributed by atoms with E-state index in [2.05, 4.69) is 16.8 Å². The van der Waals surface area contributed by atoms with Crippen LogP contribution >= 0.6 is 0 Å². The maximum absolute atomic E-state index is 11.6. The summed E-state index contributed by atoms with van der Waals surface area (Å²) in [5, 5.41) is 0. The third-order valence-electron chi connectivity index (χ3n) is 2.84. The molecule has 0 aliphatic carbocycles. The lowest BCUT2D eigenvalue weighted by Gasteiger charge is -2.14. The van der Waals surface area contributed by atoms with Crippen LogP contribution in [0.4, 0.5) is 0 Å². The number of hydrogen-bond donors (Lipinski definition) is 0. The van der Waals surface area contributed by atoms with Crippen LogP contribution in [0.3, 0.4) is 0 Å². The van der Waals surface area contributed by atoms with Crippen LogP contribution in [0.1, 0.15) is 28.0 Å². The van der Waals surface area contributed by atoms with Crippen LogP contribution in [0.25, 0.3) is 0 Å². The lowest BCUT2D eigenvalue weighted by Crippen LogP contribution is -2.16. The van der Waals surface area contributed by atoms with E-state index in [0.29, 0.717) is 30.2 Å². The van der Waals surface area contributed by atoms with Crippen molar-refractivity contribution < 1.29 is 9.53 Å². The highest BCUT2D eigenvalue weighted by molar-refractivity contribution is 5.99. The third-order valence-corrected chi connectivity index (χ3v) is 2.84. The van der Waals surface area contributed by atoms with Crippen molar-refractivity contribution in [2.75, 3.05) is 6.61 Å². The number of pyridine rings is 1. The number of ketones is 1. The van der Waals surface area contributed by atoms with Crippen molar-refractivity contribution in [2.45, 2.75) is 6.42 Å². The smallest absolute Gasteiger partial charge is 0.225 e. The zero-order chi connectivity index (χ0) is 13.1. The van der Waals surface area contributed by atoms with Crippen molar-refractivity contribution in [1.82, 2.24) is 4.98 Å². The molecule has 0 radical (unpaired) electrons. The van der Waals surface area contributed by atoms with Gasteiger partial charge in [0.1, 0.15) is 5.69 Å². The Morgan fingerprint density at radius 1 is 1.05 bits per heavy atom. The van der Waals surface area contributed by atoms with Gasteiger partial charge in [0.25, 0.3) is 0 Å². The first kappa shape index (κ1) is 11.5. The minimum atomic E-state index is 0.0799. The highest BCUT2D eigenvalue weighted by Crippen LogP contribution is 2.22. The van der Waals surface area contributed by atoms with Gasteiger partial charge in [-0.05, 0) is 30.2 Å². The van der Waals surface area contributed by atoms with Gasteiger partial charge in [-0.2, -0.15) is 0 Å². The zero-order valence-electron chi connectivity index (χ0n) is 10.2. The quantitative estimate of drug-likeness (QED) is 0.673. The van der Waals surface area contributed by atoms with Crippen LogP contribution in [0, 0.1) is 11.8 Å². The predicted molar refractivity (Wildman–Crippen MR) is 71.1 cm³/mol. The van der Waals surface area contributed by atoms with Gasteiger partial charge in [-0.3, -0.25) is 4.79 Å². The van der Waals surface area contributed by atoms with E-state index in [-0.39, 0.29) is 5.78 Å². The monoisotopic (exact) mass is 249 g/mol. The van der Waals surface area contributed by atoms with Gasteiger partial charge in [0.2, 0.25) is 5.88 Å². The molecule has 3 nitrogen and oxygen atoms in total. The van der Waals surface area contributed by atoms with Gasteiger partial charge in [-0.25, -0.2) is 4.98 Å². The standard InChI is InChI=1S/C16H11NO2/c18-15-10-11-19-16-14(15)9-8-13(17-16)7-6-12-4-2-1-3-5-12/h1-5,8-9H,10-11H2. The molecule has 1 aromatic carbocycles. The second-order valence-corrected chi connectivity index (χ2v) is 4.19. The molecule has 1 aliphatic heterocycles. The number of nitrogens with zero attached hydrogens (tertiary/aromatic N) is 1. The molecule has 1 aromatic heterocycles. The number of fused-ring (bicyclic) bond motifs is 1. The van der Waals surface area contributed by atoms with E-state index in [0.717, 1.165) is 5.56 Å². The van der Waals surface area contributed by atoms with E-state index < -0.39 is 0 Å². The Hall–Kier alpha value is -2.60. The van der Waals surface area contributed by atoms with Gasteiger partial charge >= 0.3 is 0 Å². The lowest BCUT2D eigenvalue weighted by molar-refractivity contribution is 0.0929. The van der Waals surface area contributed by atoms with Crippen molar-refractivity contribution in [2.24, 2.45) is 0 Å². The van der Waals surface area contributed by atoms with E-state index in [9.17, 15) is 4.79 Å². The fourth-order valence-corrected chi connectivity index (χ4v) is 1.87. The van der Waals surface area contributed by atoms with Gasteiger partial charge in [-0.1, -0.05) is 24.1 Å². The maximum atomic E-state index is 11.6. The van der Waals surface area contributed by atoms with Crippen LogP contribution in [-0.4, -0.2) is 17.4 Å². The SMILES string of the molecule is O=C1CCOc2nc(C#Cc3ccccc3)ccc21. The average Bonchev–Trinajstić information content (AvgIpc) is 2.46. The molecule has 2 heterocycles. The first-order chi connectivity index (χ1) is 9.33. The zero-order valence-corrected chi connectivity index (χ0v) is 10.2. The molecule has 0 N–H and O–H groups in total. The van der Waals surface area contributed by atoms with Gasteiger partial charge in [0, 0.05) is 12.0 Å². The number of aromatic nitrogens is 1. The van der Waals surface area contributed by atoms with Crippen molar-refractivity contribution >= 4 is 5.78 Å². The van der Waals surface area contributed by atoms with Crippen LogP contribution in [0.5, 0.6) is 5.88 Å². The number of benzene rings is 1. The van der Waals surface area contributed by atoms with E-state index >= 15 is 0 Å². The Morgan fingerprint density at radius 3 is 2.74 bits per heavy atom. The lowest BCUT2D eigenvalue weighted by atomic mass is 10.1. The normalized spacial score (nSPS) is 12.9. The maximum Gasteiger partial charge on any atom is 0.225 e. The van der Waals surface area contributed by atoms with Crippen LogP contribution < -0.4 is 4.74 Å². The molecule has 2 aromatic rings. The van der Waals surface area contributed by atoms with Crippen molar-refractivity contribution in [3.63, 3.8) is 0 Å². The molecule has 92 valence electrons. The van der Waals surface area contributed by atoms with E-state index in [4.69, 9.17) is 4.74 Å². The highest BCUT2D eigenvalue weighted by atomic mass is 16.5. The minimum absolute atomic E-state index is 0.0799. The Balaban J connectivity index is 1.91. The summed E-state index contributed by atoms with van der Waals surface area (Å²) in [6.45, 7) is 0.397. The first-order valence-corrected chi connectivity index (χ1v) is 6.07. The van der Waals surface area contributed by atoms with Gasteiger partial charge in [0.15, 0.2) is 5.78 Å². The van der Waals surface area contributed by atoms with E-state index in [1.165, 1.54) is 0 Å². The Morgan fingerprint density at radius 2 is 1.89 bits per heavy atom. The summed E-state index contributed by atoms with van der Waals surface area (Å²) in [4.78, 5) is 15.9. The fourth-order valence-electron chi connectivity index (χ4n) is 1.87. The van der Waals surface area contributed by atoms with E-state index in [1.807, 2.05) is 30.3 Å². The Labute approximate surface area is 111 Å². The highest BCUT2D eigenvalue weighted by Gasteiger charge is 2.19. The number of rotatable bonds is 0. The van der Waals surface area contributed by atoms with Crippen LogP contribution in [0.15, 0.2) is 42.5 Å². The molecular formula is C16H11NO2. The molecule has 0 unspecified atom stereocenters. The van der Waals surface area contributed by atoms with Crippen LogP contribution in [0.2, 0.25) is 0 Å². The number of ether oxygens (including phenoxy) is 1. The van der Waals surface area contributed by atoms with Crippen molar-refractivity contribution in [1.29, 1.82) is 0 Å². The molecule has 1 aliphatic rings. The molecule has 0 atom stereocenters. The summed E-state index contributed by atoms with van der Waals surface area (Å²) in [5.41, 5.74) is 2.09. The topological polar surface area (TPSA) is 39.2 Å². The van der Waals surface area contributed by atoms with Crippen molar-refractivity contribution in [3.8, 4) is 17.7 Å². The molecule has 0 spiro atoms. The average molecular weight is 249 g/mol. The minimum Gasteiger partial charge on any atom is -0.477 e. The molecular weight excluding hydrogens is 238 g/mol. The van der Waals surface area contributed by atoms with Crippen molar-refractivity contribution in [3.05, 3.63) is 59.3 Å². The van der Waals surface area contributed by atoms with Gasteiger partial charge in [-0.15, -0.1) is 0 Å². The number of hydrogen-bond acceptors (Lipinski definition) is 3. The predicted octanol–water partition coefficient (Wildman–Crippen LogP) is 2.45.